The summed E-state index contributed by atoms with van der Waals surface area (Å²) in [4.78, 5) is 28.7. The Labute approximate surface area is 177 Å². The molecule has 1 saturated heterocycles. The number of rotatable bonds is 3. The highest BCUT2D eigenvalue weighted by molar-refractivity contribution is 5.93. The van der Waals surface area contributed by atoms with Crippen molar-refractivity contribution < 1.29 is 14.3 Å². The van der Waals surface area contributed by atoms with Crippen LogP contribution >= 0.6 is 0 Å². The number of carbonyl (C=O) groups excluding carboxylic acids is 2. The number of amides is 2. The van der Waals surface area contributed by atoms with Crippen molar-refractivity contribution in [1.29, 1.82) is 0 Å². The molecule has 7 heteroatoms. The summed E-state index contributed by atoms with van der Waals surface area (Å²) >= 11 is 0. The average molecular weight is 411 g/mol. The molecule has 4 rings (SSSR count). The molecule has 1 fully saturated rings. The van der Waals surface area contributed by atoms with Gasteiger partial charge in [0.1, 0.15) is 0 Å². The minimum absolute atomic E-state index is 0.0945. The zero-order valence-corrected chi connectivity index (χ0v) is 18.3. The second-order valence-corrected chi connectivity index (χ2v) is 8.79. The zero-order chi connectivity index (χ0) is 21.5. The molecule has 0 radical (unpaired) electrons. The lowest BCUT2D eigenvalue weighted by Crippen LogP contribution is -2.51. The molecule has 30 heavy (non-hydrogen) atoms. The molecule has 1 aromatic carbocycles. The normalized spacial score (nSPS) is 17.7. The van der Waals surface area contributed by atoms with Gasteiger partial charge in [-0.3, -0.25) is 14.3 Å². The summed E-state index contributed by atoms with van der Waals surface area (Å²) in [5.74, 6) is 0.0764. The van der Waals surface area contributed by atoms with Crippen LogP contribution in [0.25, 0.3) is 0 Å². The van der Waals surface area contributed by atoms with E-state index in [1.807, 2.05) is 47.8 Å². The van der Waals surface area contributed by atoms with Crippen LogP contribution in [-0.2, 0) is 36.0 Å². The van der Waals surface area contributed by atoms with E-state index < -0.39 is 0 Å². The van der Waals surface area contributed by atoms with Gasteiger partial charge in [-0.15, -0.1) is 0 Å². The third kappa shape index (κ3) is 3.86. The molecule has 1 aromatic heterocycles. The Morgan fingerprint density at radius 1 is 1.17 bits per heavy atom. The van der Waals surface area contributed by atoms with Crippen LogP contribution in [0.3, 0.4) is 0 Å². The van der Waals surface area contributed by atoms with E-state index in [1.165, 1.54) is 5.56 Å². The molecule has 0 N–H and O–H groups in total. The van der Waals surface area contributed by atoms with Gasteiger partial charge in [-0.05, 0) is 25.3 Å². The summed E-state index contributed by atoms with van der Waals surface area (Å²) in [5.41, 5.74) is 4.44. The van der Waals surface area contributed by atoms with Crippen molar-refractivity contribution in [2.24, 2.45) is 7.05 Å². The van der Waals surface area contributed by atoms with Crippen molar-refractivity contribution in [3.05, 3.63) is 52.3 Å². The summed E-state index contributed by atoms with van der Waals surface area (Å²) in [6.45, 7) is 3.84. The van der Waals surface area contributed by atoms with Crippen molar-refractivity contribution in [3.63, 3.8) is 0 Å². The van der Waals surface area contributed by atoms with Gasteiger partial charge < -0.3 is 14.5 Å². The van der Waals surface area contributed by atoms with Gasteiger partial charge in [0.05, 0.1) is 18.6 Å². The first-order chi connectivity index (χ1) is 14.3. The number of hydrogen-bond donors (Lipinski definition) is 0. The SMILES string of the molecule is Cc1ccc(CC(=O)N2CCC3(CC2)Cc2c(c(C(=O)N(C)C)nn2C)CO3)cc1. The predicted molar refractivity (Wildman–Crippen MR) is 113 cm³/mol. The number of likely N-dealkylation sites (tertiary alicyclic amines) is 1. The van der Waals surface area contributed by atoms with Gasteiger partial charge >= 0.3 is 0 Å². The van der Waals surface area contributed by atoms with Crippen molar-refractivity contribution in [2.75, 3.05) is 27.2 Å². The number of aromatic nitrogens is 2. The summed E-state index contributed by atoms with van der Waals surface area (Å²) in [7, 11) is 5.36. The Hall–Kier alpha value is -2.67. The topological polar surface area (TPSA) is 67.7 Å². The van der Waals surface area contributed by atoms with E-state index in [1.54, 1.807) is 19.0 Å². The fourth-order valence-electron chi connectivity index (χ4n) is 4.42. The van der Waals surface area contributed by atoms with Crippen molar-refractivity contribution >= 4 is 11.8 Å². The average Bonchev–Trinajstić information content (AvgIpc) is 3.05. The number of aryl methyl sites for hydroxylation is 2. The molecule has 0 saturated carbocycles. The highest BCUT2D eigenvalue weighted by Crippen LogP contribution is 2.37. The fourth-order valence-corrected chi connectivity index (χ4v) is 4.42. The number of fused-ring (bicyclic) bond motifs is 1. The zero-order valence-electron chi connectivity index (χ0n) is 18.3. The van der Waals surface area contributed by atoms with Gasteiger partial charge in [-0.2, -0.15) is 5.10 Å². The summed E-state index contributed by atoms with van der Waals surface area (Å²) < 4.78 is 8.14. The minimum Gasteiger partial charge on any atom is -0.370 e. The van der Waals surface area contributed by atoms with Crippen molar-refractivity contribution in [2.45, 2.75) is 44.8 Å². The van der Waals surface area contributed by atoms with E-state index in [0.29, 0.717) is 31.8 Å². The lowest BCUT2D eigenvalue weighted by molar-refractivity contribution is -0.140. The Morgan fingerprint density at radius 2 is 1.83 bits per heavy atom. The van der Waals surface area contributed by atoms with Crippen LogP contribution in [-0.4, -0.2) is 64.2 Å². The Morgan fingerprint density at radius 3 is 2.47 bits per heavy atom. The van der Waals surface area contributed by atoms with Crippen LogP contribution in [0.15, 0.2) is 24.3 Å². The second kappa shape index (κ2) is 7.87. The molecule has 2 aliphatic heterocycles. The molecule has 0 atom stereocenters. The molecule has 0 unspecified atom stereocenters. The third-order valence-electron chi connectivity index (χ3n) is 6.40. The van der Waals surface area contributed by atoms with Gasteiger partial charge in [-0.1, -0.05) is 29.8 Å². The molecular weight excluding hydrogens is 380 g/mol. The standard InChI is InChI=1S/C23H30N4O3/c1-16-5-7-17(8-6-16)13-20(28)27-11-9-23(10-12-27)14-19-18(15-30-23)21(24-26(19)4)22(29)25(2)3/h5-8H,9-15H2,1-4H3. The molecule has 2 aliphatic rings. The molecule has 3 heterocycles. The molecule has 2 amide bonds. The number of benzene rings is 1. The van der Waals surface area contributed by atoms with Crippen LogP contribution < -0.4 is 0 Å². The molecule has 0 aliphatic carbocycles. The number of ether oxygens (including phenoxy) is 1. The van der Waals surface area contributed by atoms with E-state index in [9.17, 15) is 9.59 Å². The Kier molecular flexibility index (Phi) is 5.40. The maximum absolute atomic E-state index is 12.7. The molecule has 1 spiro atoms. The highest BCUT2D eigenvalue weighted by Gasteiger charge is 2.42. The number of carbonyl (C=O) groups is 2. The van der Waals surface area contributed by atoms with Crippen molar-refractivity contribution in [3.8, 4) is 0 Å². The molecule has 0 bridgehead atoms. The van der Waals surface area contributed by atoms with Crippen LogP contribution in [0.5, 0.6) is 0 Å². The van der Waals surface area contributed by atoms with Crippen LogP contribution in [0, 0.1) is 6.92 Å². The lowest BCUT2D eigenvalue weighted by atomic mass is 9.83. The van der Waals surface area contributed by atoms with E-state index in [4.69, 9.17) is 4.74 Å². The lowest BCUT2D eigenvalue weighted by Gasteiger charge is -2.44. The van der Waals surface area contributed by atoms with E-state index in [-0.39, 0.29) is 17.4 Å². The van der Waals surface area contributed by atoms with Gasteiger partial charge in [0, 0.05) is 51.9 Å². The van der Waals surface area contributed by atoms with Gasteiger partial charge in [0.15, 0.2) is 5.69 Å². The number of nitrogens with zero attached hydrogens (tertiary/aromatic N) is 4. The predicted octanol–water partition coefficient (Wildman–Crippen LogP) is 2.11. The quantitative estimate of drug-likeness (QED) is 0.777. The summed E-state index contributed by atoms with van der Waals surface area (Å²) in [5, 5.41) is 4.47. The maximum Gasteiger partial charge on any atom is 0.274 e. The Bertz CT molecular complexity index is 954. The van der Waals surface area contributed by atoms with Gasteiger partial charge in [0.25, 0.3) is 5.91 Å². The maximum atomic E-state index is 12.7. The van der Waals surface area contributed by atoms with Crippen LogP contribution in [0.2, 0.25) is 0 Å². The first-order valence-electron chi connectivity index (χ1n) is 10.5. The van der Waals surface area contributed by atoms with Gasteiger partial charge in [0.2, 0.25) is 5.91 Å². The fraction of sp³-hybridized carbons (Fsp3) is 0.522. The van der Waals surface area contributed by atoms with E-state index in [0.717, 1.165) is 36.1 Å². The van der Waals surface area contributed by atoms with Gasteiger partial charge in [-0.25, -0.2) is 0 Å². The molecular formula is C23H30N4O3. The molecule has 2 aromatic rings. The minimum atomic E-state index is -0.278. The van der Waals surface area contributed by atoms with Crippen LogP contribution in [0.4, 0.5) is 0 Å². The number of hydrogen-bond acceptors (Lipinski definition) is 4. The molecule has 160 valence electrons. The first kappa shape index (κ1) is 20.6. The number of piperidine rings is 1. The Balaban J connectivity index is 1.41. The summed E-state index contributed by atoms with van der Waals surface area (Å²) in [6, 6.07) is 8.15. The highest BCUT2D eigenvalue weighted by atomic mass is 16.5. The molecule has 7 nitrogen and oxygen atoms in total. The monoisotopic (exact) mass is 410 g/mol. The van der Waals surface area contributed by atoms with Crippen molar-refractivity contribution in [1.82, 2.24) is 19.6 Å². The van der Waals surface area contributed by atoms with E-state index >= 15 is 0 Å². The first-order valence-corrected chi connectivity index (χ1v) is 10.5. The largest absolute Gasteiger partial charge is 0.370 e. The van der Waals surface area contributed by atoms with Crippen LogP contribution in [0.1, 0.15) is 45.7 Å². The second-order valence-electron chi connectivity index (χ2n) is 8.79. The van der Waals surface area contributed by atoms with E-state index in [2.05, 4.69) is 5.10 Å². The summed E-state index contributed by atoms with van der Waals surface area (Å²) in [6.07, 6.45) is 2.77. The third-order valence-corrected chi connectivity index (χ3v) is 6.40. The smallest absolute Gasteiger partial charge is 0.274 e.